The quantitative estimate of drug-likeness (QED) is 0.105. The number of fused-ring (bicyclic) bond motifs is 1. The Morgan fingerprint density at radius 3 is 2.29 bits per heavy atom. The van der Waals surface area contributed by atoms with Crippen molar-refractivity contribution in [1.82, 2.24) is 36.5 Å². The van der Waals surface area contributed by atoms with E-state index in [1.165, 1.54) is 4.90 Å². The minimum absolute atomic E-state index is 0.00218. The van der Waals surface area contributed by atoms with Gasteiger partial charge in [-0.05, 0) is 49.7 Å². The maximum absolute atomic E-state index is 14.0. The highest BCUT2D eigenvalue weighted by Crippen LogP contribution is 2.21. The summed E-state index contributed by atoms with van der Waals surface area (Å²) in [7, 11) is 0. The molecule has 0 bridgehead atoms. The summed E-state index contributed by atoms with van der Waals surface area (Å²) in [5.41, 5.74) is 1.49. The number of likely N-dealkylation sites (tertiary alicyclic amines) is 1. The fraction of sp³-hybridized carbons (Fsp3) is 0.529. The zero-order valence-corrected chi connectivity index (χ0v) is 28.5. The number of nitrogens with zero attached hydrogens (tertiary/aromatic N) is 1. The van der Waals surface area contributed by atoms with Crippen LogP contribution in [0.2, 0.25) is 0 Å². The third-order valence-electron chi connectivity index (χ3n) is 8.93. The molecule has 0 spiro atoms. The Balaban J connectivity index is 1.50. The van der Waals surface area contributed by atoms with Crippen molar-refractivity contribution in [3.05, 3.63) is 36.0 Å². The summed E-state index contributed by atoms with van der Waals surface area (Å²) in [5, 5.41) is 32.2. The summed E-state index contributed by atoms with van der Waals surface area (Å²) in [4.78, 5) is 105. The second kappa shape index (κ2) is 17.4. The van der Waals surface area contributed by atoms with E-state index in [2.05, 4.69) is 31.6 Å². The Morgan fingerprint density at radius 1 is 0.922 bits per heavy atom. The number of carboxylic acids is 2. The van der Waals surface area contributed by atoms with Crippen molar-refractivity contribution in [3.63, 3.8) is 0 Å². The average molecular weight is 712 g/mol. The summed E-state index contributed by atoms with van der Waals surface area (Å²) in [6, 6.07) is 1.72. The van der Waals surface area contributed by atoms with Gasteiger partial charge in [0.2, 0.25) is 35.4 Å². The fourth-order valence-corrected chi connectivity index (χ4v) is 6.31. The number of amides is 6. The van der Waals surface area contributed by atoms with E-state index < -0.39 is 78.1 Å². The van der Waals surface area contributed by atoms with Crippen LogP contribution in [0.5, 0.6) is 0 Å². The van der Waals surface area contributed by atoms with E-state index in [-0.39, 0.29) is 50.6 Å². The topological polar surface area (TPSA) is 256 Å². The van der Waals surface area contributed by atoms with E-state index in [4.69, 9.17) is 5.11 Å². The second-order valence-corrected chi connectivity index (χ2v) is 13.3. The van der Waals surface area contributed by atoms with Gasteiger partial charge < -0.3 is 46.7 Å². The van der Waals surface area contributed by atoms with Gasteiger partial charge in [0.15, 0.2) is 0 Å². The van der Waals surface area contributed by atoms with Gasteiger partial charge in [0.05, 0.1) is 6.54 Å². The molecule has 8 N–H and O–H groups in total. The number of benzene rings is 1. The molecule has 2 saturated heterocycles. The SMILES string of the molecule is CC(C)C[C@H](NC(=O)[C@H](Cc1c[nH]c2ccccc12)NC(=O)[C@@H]1CCCN1C(=O)CNC(=O)[C@@H]1CCC(=O)N1)C(=O)N[C@@H](CCC(=O)O)C(=O)O. The van der Waals surface area contributed by atoms with Gasteiger partial charge in [-0.2, -0.15) is 0 Å². The number of H-pyrrole nitrogens is 1. The Hall–Kier alpha value is -5.48. The van der Waals surface area contributed by atoms with Crippen molar-refractivity contribution < 1.29 is 48.6 Å². The van der Waals surface area contributed by atoms with Crippen molar-refractivity contribution in [1.29, 1.82) is 0 Å². The lowest BCUT2D eigenvalue weighted by atomic mass is 10.00. The lowest BCUT2D eigenvalue weighted by Crippen LogP contribution is -2.58. The second-order valence-electron chi connectivity index (χ2n) is 13.3. The molecule has 0 saturated carbocycles. The fourth-order valence-electron chi connectivity index (χ4n) is 6.31. The summed E-state index contributed by atoms with van der Waals surface area (Å²) in [5.74, 6) is -6.20. The molecule has 0 radical (unpaired) electrons. The van der Waals surface area contributed by atoms with Crippen LogP contribution in [0.3, 0.4) is 0 Å². The standard InChI is InChI=1S/C34H45N7O10/c1-18(2)14-24(31(47)38-23(34(50)51)10-12-29(44)45)39-32(48)25(15-19-16-35-21-7-4-3-6-20(19)21)40-33(49)26-8-5-13-41(26)28(43)17-36-30(46)22-9-11-27(42)37-22/h3-4,6-7,16,18,22-26,35H,5,8-15,17H2,1-2H3,(H,36,46)(H,37,42)(H,38,47)(H,39,48)(H,40,49)(H,44,45)(H,50,51)/t22-,23-,24-,25-,26-/m0/s1. The van der Waals surface area contributed by atoms with Gasteiger partial charge in [0, 0.05) is 42.9 Å². The van der Waals surface area contributed by atoms with Crippen LogP contribution < -0.4 is 26.6 Å². The van der Waals surface area contributed by atoms with E-state index in [0.29, 0.717) is 24.8 Å². The van der Waals surface area contributed by atoms with Crippen LogP contribution in [0.15, 0.2) is 30.5 Å². The van der Waals surface area contributed by atoms with E-state index in [0.717, 1.165) is 10.9 Å². The van der Waals surface area contributed by atoms with Gasteiger partial charge >= 0.3 is 11.9 Å². The lowest BCUT2D eigenvalue weighted by molar-refractivity contribution is -0.143. The van der Waals surface area contributed by atoms with Gasteiger partial charge in [-0.3, -0.25) is 33.6 Å². The first kappa shape index (κ1) is 38.3. The first-order valence-corrected chi connectivity index (χ1v) is 17.0. The lowest BCUT2D eigenvalue weighted by Gasteiger charge is -2.28. The van der Waals surface area contributed by atoms with Crippen molar-refractivity contribution in [2.24, 2.45) is 5.92 Å². The Bertz CT molecular complexity index is 1660. The molecule has 2 aromatic rings. The van der Waals surface area contributed by atoms with E-state index in [1.807, 2.05) is 24.3 Å². The van der Waals surface area contributed by atoms with Crippen LogP contribution in [0.4, 0.5) is 0 Å². The molecule has 5 atom stereocenters. The van der Waals surface area contributed by atoms with Gasteiger partial charge in [-0.1, -0.05) is 32.0 Å². The zero-order valence-electron chi connectivity index (χ0n) is 28.5. The van der Waals surface area contributed by atoms with Crippen LogP contribution in [-0.4, -0.2) is 111 Å². The van der Waals surface area contributed by atoms with Crippen LogP contribution in [0.25, 0.3) is 10.9 Å². The normalized spacial score (nSPS) is 18.8. The van der Waals surface area contributed by atoms with Gasteiger partial charge in [0.1, 0.15) is 30.2 Å². The minimum Gasteiger partial charge on any atom is -0.481 e. The van der Waals surface area contributed by atoms with Crippen molar-refractivity contribution >= 4 is 58.3 Å². The summed E-state index contributed by atoms with van der Waals surface area (Å²) in [6.45, 7) is 3.46. The number of carbonyl (C=O) groups excluding carboxylic acids is 6. The molecular weight excluding hydrogens is 666 g/mol. The number of hydrogen-bond acceptors (Lipinski definition) is 8. The number of aliphatic carboxylic acids is 2. The molecule has 3 heterocycles. The van der Waals surface area contributed by atoms with Crippen LogP contribution >= 0.6 is 0 Å². The largest absolute Gasteiger partial charge is 0.481 e. The number of carboxylic acid groups (broad SMARTS) is 2. The minimum atomic E-state index is -1.51. The highest BCUT2D eigenvalue weighted by molar-refractivity contribution is 5.97. The molecule has 276 valence electrons. The highest BCUT2D eigenvalue weighted by Gasteiger charge is 2.37. The maximum Gasteiger partial charge on any atom is 0.326 e. The summed E-state index contributed by atoms with van der Waals surface area (Å²) in [6.07, 6.45) is 2.28. The summed E-state index contributed by atoms with van der Waals surface area (Å²) >= 11 is 0. The Morgan fingerprint density at radius 2 is 1.63 bits per heavy atom. The van der Waals surface area contributed by atoms with Gasteiger partial charge in [-0.15, -0.1) is 0 Å². The molecule has 2 aliphatic rings. The Kier molecular flexibility index (Phi) is 13.1. The molecule has 4 rings (SSSR count). The predicted molar refractivity (Wildman–Crippen MR) is 181 cm³/mol. The Labute approximate surface area is 293 Å². The molecule has 6 amide bonds. The number of aromatic nitrogens is 1. The number of carbonyl (C=O) groups is 8. The molecular formula is C34H45N7O10. The molecule has 51 heavy (non-hydrogen) atoms. The number of hydrogen-bond donors (Lipinski definition) is 8. The number of para-hydroxylation sites is 1. The molecule has 2 fully saturated rings. The van der Waals surface area contributed by atoms with Crippen LogP contribution in [-0.2, 0) is 44.8 Å². The van der Waals surface area contributed by atoms with Crippen molar-refractivity contribution in [3.8, 4) is 0 Å². The average Bonchev–Trinajstić information content (AvgIpc) is 3.84. The molecule has 1 aromatic carbocycles. The molecule has 17 heteroatoms. The van der Waals surface area contributed by atoms with Crippen molar-refractivity contribution in [2.75, 3.05) is 13.1 Å². The molecule has 17 nitrogen and oxygen atoms in total. The van der Waals surface area contributed by atoms with Crippen molar-refractivity contribution in [2.45, 2.75) is 95.4 Å². The number of aromatic amines is 1. The predicted octanol–water partition coefficient (Wildman–Crippen LogP) is -0.454. The molecule has 0 unspecified atom stereocenters. The van der Waals surface area contributed by atoms with Gasteiger partial charge in [-0.25, -0.2) is 4.79 Å². The van der Waals surface area contributed by atoms with E-state index in [1.54, 1.807) is 20.0 Å². The molecule has 1 aromatic heterocycles. The zero-order chi connectivity index (χ0) is 37.2. The molecule has 2 aliphatic heterocycles. The third kappa shape index (κ3) is 10.5. The highest BCUT2D eigenvalue weighted by atomic mass is 16.4. The van der Waals surface area contributed by atoms with E-state index >= 15 is 0 Å². The van der Waals surface area contributed by atoms with Gasteiger partial charge in [0.25, 0.3) is 0 Å². The maximum atomic E-state index is 14.0. The first-order valence-electron chi connectivity index (χ1n) is 17.0. The monoisotopic (exact) mass is 711 g/mol. The summed E-state index contributed by atoms with van der Waals surface area (Å²) < 4.78 is 0. The van der Waals surface area contributed by atoms with Crippen LogP contribution in [0, 0.1) is 5.92 Å². The van der Waals surface area contributed by atoms with Crippen LogP contribution in [0.1, 0.15) is 64.4 Å². The third-order valence-corrected chi connectivity index (χ3v) is 8.93. The molecule has 0 aliphatic carbocycles. The first-order chi connectivity index (χ1) is 24.2. The van der Waals surface area contributed by atoms with E-state index in [9.17, 15) is 43.5 Å². The number of rotatable bonds is 17. The smallest absolute Gasteiger partial charge is 0.326 e. The number of nitrogens with one attached hydrogen (secondary N) is 6.